The first-order chi connectivity index (χ1) is 9.78. The monoisotopic (exact) mass is 269 g/mol. The Morgan fingerprint density at radius 3 is 2.60 bits per heavy atom. The lowest BCUT2D eigenvalue weighted by molar-refractivity contribution is 0.282. The van der Waals surface area contributed by atoms with E-state index in [-0.39, 0.29) is 12.4 Å². The van der Waals surface area contributed by atoms with Crippen LogP contribution >= 0.6 is 0 Å². The molecule has 3 rings (SSSR count). The van der Waals surface area contributed by atoms with Crippen molar-refractivity contribution >= 4 is 0 Å². The van der Waals surface area contributed by atoms with Crippen LogP contribution in [0.5, 0.6) is 0 Å². The van der Waals surface area contributed by atoms with Crippen LogP contribution in [0, 0.1) is 5.82 Å². The Hall–Kier alpha value is -2.53. The van der Waals surface area contributed by atoms with E-state index in [2.05, 4.69) is 10.1 Å². The fourth-order valence-corrected chi connectivity index (χ4v) is 2.00. The second kappa shape index (κ2) is 5.22. The van der Waals surface area contributed by atoms with Crippen molar-refractivity contribution in [3.05, 3.63) is 66.4 Å². The molecule has 1 N–H and O–H groups in total. The molecule has 2 heterocycles. The van der Waals surface area contributed by atoms with Crippen molar-refractivity contribution in [3.8, 4) is 16.9 Å². The van der Waals surface area contributed by atoms with Crippen LogP contribution in [-0.4, -0.2) is 19.9 Å². The minimum absolute atomic E-state index is 0.120. The third-order valence-corrected chi connectivity index (χ3v) is 2.99. The lowest BCUT2D eigenvalue weighted by Gasteiger charge is -2.00. The van der Waals surface area contributed by atoms with Gasteiger partial charge in [0.15, 0.2) is 0 Å². The topological polar surface area (TPSA) is 50.9 Å². The molecule has 20 heavy (non-hydrogen) atoms. The number of pyridine rings is 1. The number of hydrogen-bond donors (Lipinski definition) is 1. The second-order valence-corrected chi connectivity index (χ2v) is 4.32. The van der Waals surface area contributed by atoms with E-state index in [0.717, 1.165) is 11.3 Å². The van der Waals surface area contributed by atoms with Crippen LogP contribution in [0.25, 0.3) is 16.9 Å². The molecular formula is C15H12FN3O. The smallest absolute Gasteiger partial charge is 0.123 e. The molecule has 3 aromatic rings. The van der Waals surface area contributed by atoms with Crippen LogP contribution in [0.3, 0.4) is 0 Å². The predicted molar refractivity (Wildman–Crippen MR) is 72.7 cm³/mol. The largest absolute Gasteiger partial charge is 0.392 e. The Morgan fingerprint density at radius 1 is 1.15 bits per heavy atom. The van der Waals surface area contributed by atoms with Crippen LogP contribution < -0.4 is 0 Å². The summed E-state index contributed by atoms with van der Waals surface area (Å²) < 4.78 is 14.6. The van der Waals surface area contributed by atoms with Gasteiger partial charge in [0.2, 0.25) is 0 Å². The fourth-order valence-electron chi connectivity index (χ4n) is 2.00. The van der Waals surface area contributed by atoms with Crippen LogP contribution in [0.4, 0.5) is 4.39 Å². The number of benzene rings is 1. The number of halogens is 1. The maximum atomic E-state index is 12.9. The normalized spacial score (nSPS) is 10.7. The average molecular weight is 269 g/mol. The molecule has 0 spiro atoms. The summed E-state index contributed by atoms with van der Waals surface area (Å²) >= 11 is 0. The fraction of sp³-hybridized carbons (Fsp3) is 0.0667. The molecule has 5 heteroatoms. The number of aliphatic hydroxyl groups is 1. The van der Waals surface area contributed by atoms with Gasteiger partial charge in [-0.3, -0.25) is 4.98 Å². The zero-order valence-electron chi connectivity index (χ0n) is 10.6. The molecular weight excluding hydrogens is 257 g/mol. The Morgan fingerprint density at radius 2 is 1.95 bits per heavy atom. The maximum Gasteiger partial charge on any atom is 0.123 e. The van der Waals surface area contributed by atoms with Gasteiger partial charge in [-0.15, -0.1) is 0 Å². The Kier molecular flexibility index (Phi) is 3.26. The van der Waals surface area contributed by atoms with Crippen molar-refractivity contribution in [2.75, 3.05) is 0 Å². The average Bonchev–Trinajstić information content (AvgIpc) is 2.93. The molecule has 2 aromatic heterocycles. The molecule has 0 atom stereocenters. The van der Waals surface area contributed by atoms with E-state index in [0.29, 0.717) is 11.3 Å². The molecule has 0 aliphatic carbocycles. The third kappa shape index (κ3) is 2.31. The van der Waals surface area contributed by atoms with Crippen molar-refractivity contribution in [2.45, 2.75) is 6.61 Å². The quantitative estimate of drug-likeness (QED) is 0.795. The van der Waals surface area contributed by atoms with E-state index < -0.39 is 0 Å². The standard InChI is InChI=1S/C15H12FN3O/c16-13-3-5-14(6-4-13)19-9-12(10-20)15(18-19)11-2-1-7-17-8-11/h1-9,20H,10H2. The van der Waals surface area contributed by atoms with Crippen LogP contribution in [0.2, 0.25) is 0 Å². The molecule has 0 fully saturated rings. The molecule has 0 radical (unpaired) electrons. The van der Waals surface area contributed by atoms with Crippen LogP contribution in [-0.2, 0) is 6.61 Å². The van der Waals surface area contributed by atoms with Gasteiger partial charge in [0, 0.05) is 29.7 Å². The van der Waals surface area contributed by atoms with Gasteiger partial charge in [-0.25, -0.2) is 9.07 Å². The molecule has 4 nitrogen and oxygen atoms in total. The molecule has 0 amide bonds. The molecule has 100 valence electrons. The van der Waals surface area contributed by atoms with Crippen LogP contribution in [0.1, 0.15) is 5.56 Å². The molecule has 1 aromatic carbocycles. The van der Waals surface area contributed by atoms with Gasteiger partial charge in [0.25, 0.3) is 0 Å². The highest BCUT2D eigenvalue weighted by Gasteiger charge is 2.11. The minimum Gasteiger partial charge on any atom is -0.392 e. The number of hydrogen-bond acceptors (Lipinski definition) is 3. The second-order valence-electron chi connectivity index (χ2n) is 4.32. The summed E-state index contributed by atoms with van der Waals surface area (Å²) in [4.78, 5) is 4.05. The predicted octanol–water partition coefficient (Wildman–Crippen LogP) is 2.57. The van der Waals surface area contributed by atoms with Gasteiger partial charge < -0.3 is 5.11 Å². The van der Waals surface area contributed by atoms with Crippen molar-refractivity contribution in [3.63, 3.8) is 0 Å². The van der Waals surface area contributed by atoms with Gasteiger partial charge in [-0.2, -0.15) is 5.10 Å². The van der Waals surface area contributed by atoms with Gasteiger partial charge in [-0.1, -0.05) is 0 Å². The van der Waals surface area contributed by atoms with Gasteiger partial charge in [-0.05, 0) is 36.4 Å². The number of aliphatic hydroxyl groups excluding tert-OH is 1. The number of rotatable bonds is 3. The summed E-state index contributed by atoms with van der Waals surface area (Å²) in [6.07, 6.45) is 5.10. The van der Waals surface area contributed by atoms with Crippen LogP contribution in [0.15, 0.2) is 55.0 Å². The molecule has 0 unspecified atom stereocenters. The lowest BCUT2D eigenvalue weighted by Crippen LogP contribution is -1.94. The van der Waals surface area contributed by atoms with E-state index in [9.17, 15) is 9.50 Å². The summed E-state index contributed by atoms with van der Waals surface area (Å²) in [5.74, 6) is -0.296. The Labute approximate surface area is 115 Å². The first-order valence-corrected chi connectivity index (χ1v) is 6.13. The molecule has 0 aliphatic rings. The molecule has 0 aliphatic heterocycles. The Bertz CT molecular complexity index is 708. The summed E-state index contributed by atoms with van der Waals surface area (Å²) in [6, 6.07) is 9.71. The summed E-state index contributed by atoms with van der Waals surface area (Å²) in [5, 5.41) is 13.9. The highest BCUT2D eigenvalue weighted by molar-refractivity contribution is 5.62. The summed E-state index contributed by atoms with van der Waals surface area (Å²) in [7, 11) is 0. The molecule has 0 saturated carbocycles. The van der Waals surface area contributed by atoms with Crippen molar-refractivity contribution < 1.29 is 9.50 Å². The lowest BCUT2D eigenvalue weighted by atomic mass is 10.1. The third-order valence-electron chi connectivity index (χ3n) is 2.99. The maximum absolute atomic E-state index is 12.9. The highest BCUT2D eigenvalue weighted by atomic mass is 19.1. The van der Waals surface area contributed by atoms with E-state index in [1.54, 1.807) is 35.4 Å². The van der Waals surface area contributed by atoms with E-state index >= 15 is 0 Å². The van der Waals surface area contributed by atoms with E-state index in [4.69, 9.17) is 0 Å². The summed E-state index contributed by atoms with van der Waals surface area (Å²) in [5.41, 5.74) is 2.93. The number of nitrogens with zero attached hydrogens (tertiary/aromatic N) is 3. The van der Waals surface area contributed by atoms with Crippen molar-refractivity contribution in [1.29, 1.82) is 0 Å². The van der Waals surface area contributed by atoms with Crippen molar-refractivity contribution in [2.24, 2.45) is 0 Å². The zero-order valence-corrected chi connectivity index (χ0v) is 10.6. The molecule has 0 bridgehead atoms. The molecule has 0 saturated heterocycles. The van der Waals surface area contributed by atoms with Gasteiger partial charge in [0.1, 0.15) is 5.82 Å². The Balaban J connectivity index is 2.07. The van der Waals surface area contributed by atoms with Gasteiger partial charge >= 0.3 is 0 Å². The first-order valence-electron chi connectivity index (χ1n) is 6.13. The minimum atomic E-state index is -0.296. The highest BCUT2D eigenvalue weighted by Crippen LogP contribution is 2.22. The first kappa shape index (κ1) is 12.5. The number of aromatic nitrogens is 3. The zero-order chi connectivity index (χ0) is 13.9. The SMILES string of the molecule is OCc1cn(-c2ccc(F)cc2)nc1-c1cccnc1. The van der Waals surface area contributed by atoms with Crippen molar-refractivity contribution in [1.82, 2.24) is 14.8 Å². The van der Waals surface area contributed by atoms with E-state index in [1.807, 2.05) is 12.1 Å². The van der Waals surface area contributed by atoms with Gasteiger partial charge in [0.05, 0.1) is 18.0 Å². The summed E-state index contributed by atoms with van der Waals surface area (Å²) in [6.45, 7) is -0.120. The van der Waals surface area contributed by atoms with E-state index in [1.165, 1.54) is 12.1 Å².